The van der Waals surface area contributed by atoms with Crippen LogP contribution in [-0.4, -0.2) is 25.5 Å². The van der Waals surface area contributed by atoms with Crippen molar-refractivity contribution >= 4 is 21.7 Å². The average molecular weight is 244 g/mol. The number of nitrogens with one attached hydrogen (secondary N) is 1. The molecule has 1 rings (SSSR count). The molecule has 0 aliphatic rings. The van der Waals surface area contributed by atoms with Crippen molar-refractivity contribution in [1.29, 1.82) is 0 Å². The Morgan fingerprint density at radius 2 is 1.88 bits per heavy atom. The van der Waals surface area contributed by atoms with Gasteiger partial charge >= 0.3 is 5.97 Å². The standard InChI is InChI=1S/C9H12N2O4S/c1-6(9(12)13)11-7-2-4-8(5-3-7)16(10,14)15/h2-6,11H,1H3,(H,12,13)(H2,10,14,15). The summed E-state index contributed by atoms with van der Waals surface area (Å²) < 4.78 is 21.9. The maximum absolute atomic E-state index is 10.9. The number of carboxylic acids is 1. The highest BCUT2D eigenvalue weighted by atomic mass is 32.2. The Morgan fingerprint density at radius 1 is 1.38 bits per heavy atom. The van der Waals surface area contributed by atoms with Crippen LogP contribution in [0.3, 0.4) is 0 Å². The Kier molecular flexibility index (Phi) is 3.51. The number of primary sulfonamides is 1. The highest BCUT2D eigenvalue weighted by Gasteiger charge is 2.11. The number of aliphatic carboxylic acids is 1. The van der Waals surface area contributed by atoms with Gasteiger partial charge in [0.2, 0.25) is 10.0 Å². The highest BCUT2D eigenvalue weighted by Crippen LogP contribution is 2.13. The third-order valence-electron chi connectivity index (χ3n) is 1.94. The number of anilines is 1. The number of benzene rings is 1. The molecule has 1 aromatic carbocycles. The first kappa shape index (κ1) is 12.5. The largest absolute Gasteiger partial charge is 0.480 e. The van der Waals surface area contributed by atoms with Gasteiger partial charge in [-0.2, -0.15) is 0 Å². The van der Waals surface area contributed by atoms with Crippen molar-refractivity contribution in [2.24, 2.45) is 5.14 Å². The van der Waals surface area contributed by atoms with Crippen molar-refractivity contribution in [2.45, 2.75) is 17.9 Å². The fourth-order valence-corrected chi connectivity index (χ4v) is 1.57. The van der Waals surface area contributed by atoms with Crippen molar-refractivity contribution < 1.29 is 18.3 Å². The number of sulfonamides is 1. The first-order valence-corrected chi connectivity index (χ1v) is 5.97. The maximum Gasteiger partial charge on any atom is 0.325 e. The van der Waals surface area contributed by atoms with Gasteiger partial charge < -0.3 is 10.4 Å². The van der Waals surface area contributed by atoms with E-state index >= 15 is 0 Å². The van der Waals surface area contributed by atoms with Crippen LogP contribution in [0.5, 0.6) is 0 Å². The molecule has 6 nitrogen and oxygen atoms in total. The van der Waals surface area contributed by atoms with E-state index in [2.05, 4.69) is 5.32 Å². The van der Waals surface area contributed by atoms with Gasteiger partial charge in [-0.1, -0.05) is 0 Å². The second-order valence-electron chi connectivity index (χ2n) is 3.27. The predicted octanol–water partition coefficient (Wildman–Crippen LogP) is 0.219. The van der Waals surface area contributed by atoms with E-state index in [4.69, 9.17) is 10.2 Å². The van der Waals surface area contributed by atoms with Crippen molar-refractivity contribution in [2.75, 3.05) is 5.32 Å². The topological polar surface area (TPSA) is 109 Å². The minimum atomic E-state index is -3.71. The van der Waals surface area contributed by atoms with Crippen molar-refractivity contribution in [3.8, 4) is 0 Å². The summed E-state index contributed by atoms with van der Waals surface area (Å²) in [6.07, 6.45) is 0. The van der Waals surface area contributed by atoms with Gasteiger partial charge in [0.25, 0.3) is 0 Å². The summed E-state index contributed by atoms with van der Waals surface area (Å²) >= 11 is 0. The fourth-order valence-electron chi connectivity index (χ4n) is 1.05. The molecule has 0 aromatic heterocycles. The predicted molar refractivity (Wildman–Crippen MR) is 58.5 cm³/mol. The van der Waals surface area contributed by atoms with Crippen LogP contribution in [0.25, 0.3) is 0 Å². The molecular weight excluding hydrogens is 232 g/mol. The molecule has 1 atom stereocenters. The molecule has 0 bridgehead atoms. The molecule has 0 aliphatic heterocycles. The van der Waals surface area contributed by atoms with Gasteiger partial charge in [0.15, 0.2) is 0 Å². The monoisotopic (exact) mass is 244 g/mol. The van der Waals surface area contributed by atoms with Gasteiger partial charge in [0, 0.05) is 5.69 Å². The Balaban J connectivity index is 2.84. The summed E-state index contributed by atoms with van der Waals surface area (Å²) in [5, 5.41) is 16.2. The number of hydrogen-bond acceptors (Lipinski definition) is 4. The van der Waals surface area contributed by atoms with Gasteiger partial charge in [-0.3, -0.25) is 4.79 Å². The summed E-state index contributed by atoms with van der Waals surface area (Å²) in [7, 11) is -3.71. The molecule has 7 heteroatoms. The minimum Gasteiger partial charge on any atom is -0.480 e. The van der Waals surface area contributed by atoms with Crippen LogP contribution in [0.15, 0.2) is 29.2 Å². The molecule has 4 N–H and O–H groups in total. The fraction of sp³-hybridized carbons (Fsp3) is 0.222. The zero-order valence-electron chi connectivity index (χ0n) is 8.54. The molecule has 0 fully saturated rings. The Labute approximate surface area is 93.1 Å². The smallest absolute Gasteiger partial charge is 0.325 e. The number of rotatable bonds is 4. The second kappa shape index (κ2) is 4.50. The van der Waals surface area contributed by atoms with Crippen LogP contribution >= 0.6 is 0 Å². The number of carboxylic acid groups (broad SMARTS) is 1. The lowest BCUT2D eigenvalue weighted by Crippen LogP contribution is -2.25. The van der Waals surface area contributed by atoms with E-state index in [1.807, 2.05) is 0 Å². The zero-order chi connectivity index (χ0) is 12.3. The number of nitrogens with two attached hydrogens (primary N) is 1. The van der Waals surface area contributed by atoms with Gasteiger partial charge in [-0.25, -0.2) is 13.6 Å². The zero-order valence-corrected chi connectivity index (χ0v) is 9.36. The van der Waals surface area contributed by atoms with E-state index in [9.17, 15) is 13.2 Å². The van der Waals surface area contributed by atoms with Crippen molar-refractivity contribution in [3.05, 3.63) is 24.3 Å². The highest BCUT2D eigenvalue weighted by molar-refractivity contribution is 7.89. The normalized spacial score (nSPS) is 13.1. The van der Waals surface area contributed by atoms with Crippen molar-refractivity contribution in [3.63, 3.8) is 0 Å². The van der Waals surface area contributed by atoms with E-state index < -0.39 is 22.0 Å². The van der Waals surface area contributed by atoms with Crippen LogP contribution in [0, 0.1) is 0 Å². The third-order valence-corrected chi connectivity index (χ3v) is 2.87. The second-order valence-corrected chi connectivity index (χ2v) is 4.84. The summed E-state index contributed by atoms with van der Waals surface area (Å²) in [5.74, 6) is -0.990. The summed E-state index contributed by atoms with van der Waals surface area (Å²) in [6, 6.07) is 4.79. The van der Waals surface area contributed by atoms with Gasteiger partial charge in [-0.05, 0) is 31.2 Å². The number of hydrogen-bond donors (Lipinski definition) is 3. The lowest BCUT2D eigenvalue weighted by molar-refractivity contribution is -0.137. The minimum absolute atomic E-state index is 0.0129. The van der Waals surface area contributed by atoms with Crippen LogP contribution in [0.2, 0.25) is 0 Å². The van der Waals surface area contributed by atoms with Crippen LogP contribution in [0.1, 0.15) is 6.92 Å². The summed E-state index contributed by atoms with van der Waals surface area (Å²) in [4.78, 5) is 10.5. The molecule has 0 spiro atoms. The summed E-state index contributed by atoms with van der Waals surface area (Å²) in [5.41, 5.74) is 0.516. The lowest BCUT2D eigenvalue weighted by atomic mass is 10.2. The Bertz CT molecular complexity index is 481. The molecule has 0 radical (unpaired) electrons. The van der Waals surface area contributed by atoms with E-state index in [1.165, 1.54) is 31.2 Å². The SMILES string of the molecule is CC(Nc1ccc(S(N)(=O)=O)cc1)C(=O)O. The average Bonchev–Trinajstić information content (AvgIpc) is 2.17. The Hall–Kier alpha value is -1.60. The molecule has 88 valence electrons. The Morgan fingerprint density at radius 3 is 2.25 bits per heavy atom. The first-order valence-electron chi connectivity index (χ1n) is 4.43. The van der Waals surface area contributed by atoms with Crippen molar-refractivity contribution in [1.82, 2.24) is 0 Å². The third kappa shape index (κ3) is 3.21. The van der Waals surface area contributed by atoms with Crippen LogP contribution in [-0.2, 0) is 14.8 Å². The first-order chi connectivity index (χ1) is 7.30. The molecular formula is C9H12N2O4S. The van der Waals surface area contributed by atoms with Gasteiger partial charge in [0.05, 0.1) is 4.90 Å². The molecule has 0 aliphatic carbocycles. The summed E-state index contributed by atoms with van der Waals surface area (Å²) in [6.45, 7) is 1.48. The van der Waals surface area contributed by atoms with E-state index in [-0.39, 0.29) is 4.90 Å². The number of carbonyl (C=O) groups is 1. The lowest BCUT2D eigenvalue weighted by Gasteiger charge is -2.10. The van der Waals surface area contributed by atoms with Gasteiger partial charge in [0.1, 0.15) is 6.04 Å². The van der Waals surface area contributed by atoms with E-state index in [0.717, 1.165) is 0 Å². The van der Waals surface area contributed by atoms with Crippen LogP contribution < -0.4 is 10.5 Å². The van der Waals surface area contributed by atoms with E-state index in [1.54, 1.807) is 0 Å². The molecule has 1 aromatic rings. The molecule has 0 heterocycles. The molecule has 0 saturated carbocycles. The van der Waals surface area contributed by atoms with E-state index in [0.29, 0.717) is 5.69 Å². The molecule has 1 unspecified atom stereocenters. The molecule has 0 saturated heterocycles. The quantitative estimate of drug-likeness (QED) is 0.701. The molecule has 16 heavy (non-hydrogen) atoms. The molecule has 0 amide bonds. The van der Waals surface area contributed by atoms with Crippen LogP contribution in [0.4, 0.5) is 5.69 Å². The van der Waals surface area contributed by atoms with Gasteiger partial charge in [-0.15, -0.1) is 0 Å². The maximum atomic E-state index is 10.9.